The molecule has 2 aromatic rings. The number of aryl methyl sites for hydroxylation is 1. The Labute approximate surface area is 133 Å². The predicted molar refractivity (Wildman–Crippen MR) is 82.2 cm³/mol. The first kappa shape index (κ1) is 16.1. The second-order valence-electron chi connectivity index (χ2n) is 4.82. The maximum absolute atomic E-state index is 12.2. The van der Waals surface area contributed by atoms with Crippen molar-refractivity contribution in [3.05, 3.63) is 57.4 Å². The number of aromatic amines is 1. The lowest BCUT2D eigenvalue weighted by atomic mass is 10.1. The van der Waals surface area contributed by atoms with Gasteiger partial charge in [0.15, 0.2) is 0 Å². The van der Waals surface area contributed by atoms with E-state index in [0.717, 1.165) is 5.56 Å². The molecule has 0 spiro atoms. The molecule has 1 heterocycles. The lowest BCUT2D eigenvalue weighted by Crippen LogP contribution is -2.08. The largest absolute Gasteiger partial charge is 0.465 e. The minimum atomic E-state index is -0.532. The van der Waals surface area contributed by atoms with Gasteiger partial charge in [0.05, 0.1) is 12.7 Å². The average Bonchev–Trinajstić information content (AvgIpc) is 2.79. The van der Waals surface area contributed by atoms with Crippen molar-refractivity contribution in [3.8, 4) is 0 Å². The van der Waals surface area contributed by atoms with Crippen molar-refractivity contribution in [3.63, 3.8) is 0 Å². The van der Waals surface area contributed by atoms with Gasteiger partial charge in [0.1, 0.15) is 12.3 Å². The molecule has 0 aliphatic carbocycles. The topological polar surface area (TPSA) is 68.4 Å². The molecule has 0 amide bonds. The number of nitrogens with one attached hydrogen (secondary N) is 1. The highest BCUT2D eigenvalue weighted by atomic mass is 35.5. The zero-order chi connectivity index (χ0) is 16.3. The van der Waals surface area contributed by atoms with Crippen LogP contribution in [-0.4, -0.2) is 24.0 Å². The molecule has 5 nitrogen and oxygen atoms in total. The Morgan fingerprint density at radius 3 is 2.59 bits per heavy atom. The van der Waals surface area contributed by atoms with Crippen molar-refractivity contribution in [1.82, 2.24) is 4.98 Å². The third-order valence-electron chi connectivity index (χ3n) is 3.29. The Bertz CT molecular complexity index is 721. The molecular weight excluding hydrogens is 306 g/mol. The van der Waals surface area contributed by atoms with Crippen LogP contribution < -0.4 is 0 Å². The summed E-state index contributed by atoms with van der Waals surface area (Å²) in [6, 6.07) is 7.06. The fourth-order valence-corrected chi connectivity index (χ4v) is 2.42. The average molecular weight is 322 g/mol. The number of carbonyl (C=O) groups is 2. The van der Waals surface area contributed by atoms with E-state index in [0.29, 0.717) is 21.8 Å². The number of aromatic nitrogens is 1. The van der Waals surface area contributed by atoms with Gasteiger partial charge in [-0.25, -0.2) is 9.59 Å². The first-order valence-electron chi connectivity index (χ1n) is 6.63. The summed E-state index contributed by atoms with van der Waals surface area (Å²) in [5.41, 5.74) is 2.48. The quantitative estimate of drug-likeness (QED) is 0.876. The van der Waals surface area contributed by atoms with E-state index < -0.39 is 11.9 Å². The fraction of sp³-hybridized carbons (Fsp3) is 0.250. The van der Waals surface area contributed by atoms with Gasteiger partial charge in [-0.15, -0.1) is 0 Å². The monoisotopic (exact) mass is 321 g/mol. The van der Waals surface area contributed by atoms with Crippen LogP contribution in [0.15, 0.2) is 24.3 Å². The maximum atomic E-state index is 12.2. The maximum Gasteiger partial charge on any atom is 0.355 e. The molecule has 0 radical (unpaired) electrons. The van der Waals surface area contributed by atoms with Crippen LogP contribution in [-0.2, 0) is 16.1 Å². The van der Waals surface area contributed by atoms with E-state index >= 15 is 0 Å². The second kappa shape index (κ2) is 6.66. The molecule has 1 aromatic carbocycles. The number of benzene rings is 1. The summed E-state index contributed by atoms with van der Waals surface area (Å²) >= 11 is 5.88. The summed E-state index contributed by atoms with van der Waals surface area (Å²) < 4.78 is 9.96. The van der Waals surface area contributed by atoms with Gasteiger partial charge in [-0.1, -0.05) is 23.7 Å². The van der Waals surface area contributed by atoms with Gasteiger partial charge in [-0.2, -0.15) is 0 Å². The van der Waals surface area contributed by atoms with Crippen LogP contribution in [0, 0.1) is 13.8 Å². The summed E-state index contributed by atoms with van der Waals surface area (Å²) in [7, 11) is 1.30. The number of ether oxygens (including phenoxy) is 2. The van der Waals surface area contributed by atoms with Gasteiger partial charge in [0.2, 0.25) is 0 Å². The van der Waals surface area contributed by atoms with Crippen molar-refractivity contribution in [1.29, 1.82) is 0 Å². The zero-order valence-electron chi connectivity index (χ0n) is 12.5. The fourth-order valence-electron chi connectivity index (χ4n) is 2.21. The first-order valence-corrected chi connectivity index (χ1v) is 7.01. The van der Waals surface area contributed by atoms with Crippen LogP contribution in [0.4, 0.5) is 0 Å². The molecule has 0 saturated heterocycles. The molecule has 0 saturated carbocycles. The van der Waals surface area contributed by atoms with Crippen molar-refractivity contribution in [2.24, 2.45) is 0 Å². The van der Waals surface area contributed by atoms with Gasteiger partial charge < -0.3 is 14.5 Å². The van der Waals surface area contributed by atoms with Gasteiger partial charge in [-0.05, 0) is 37.1 Å². The molecule has 6 heteroatoms. The molecule has 1 N–H and O–H groups in total. The van der Waals surface area contributed by atoms with E-state index in [1.165, 1.54) is 7.11 Å². The number of H-pyrrole nitrogens is 1. The van der Waals surface area contributed by atoms with Gasteiger partial charge >= 0.3 is 11.9 Å². The third kappa shape index (κ3) is 3.31. The normalized spacial score (nSPS) is 10.4. The molecule has 0 aliphatic heterocycles. The van der Waals surface area contributed by atoms with Crippen molar-refractivity contribution in [2.75, 3.05) is 7.11 Å². The Morgan fingerprint density at radius 1 is 1.23 bits per heavy atom. The Kier molecular flexibility index (Phi) is 4.88. The number of halogens is 1. The van der Waals surface area contributed by atoms with Crippen LogP contribution >= 0.6 is 11.6 Å². The van der Waals surface area contributed by atoms with E-state index in [1.54, 1.807) is 32.0 Å². The first-order chi connectivity index (χ1) is 10.4. The molecule has 116 valence electrons. The van der Waals surface area contributed by atoms with Gasteiger partial charge in [-0.3, -0.25) is 0 Å². The van der Waals surface area contributed by atoms with Crippen molar-refractivity contribution < 1.29 is 19.1 Å². The van der Waals surface area contributed by atoms with E-state index in [-0.39, 0.29) is 12.3 Å². The van der Waals surface area contributed by atoms with Crippen LogP contribution in [0.3, 0.4) is 0 Å². The summed E-state index contributed by atoms with van der Waals surface area (Å²) in [5.74, 6) is -1.02. The Balaban J connectivity index is 2.15. The van der Waals surface area contributed by atoms with Crippen LogP contribution in [0.25, 0.3) is 0 Å². The molecule has 0 unspecified atom stereocenters. The lowest BCUT2D eigenvalue weighted by molar-refractivity contribution is 0.0465. The second-order valence-corrected chi connectivity index (χ2v) is 5.26. The number of esters is 2. The predicted octanol–water partition coefficient (Wildman–Crippen LogP) is 3.43. The third-order valence-corrected chi connectivity index (χ3v) is 3.53. The highest BCUT2D eigenvalue weighted by Gasteiger charge is 2.23. The highest BCUT2D eigenvalue weighted by molar-refractivity contribution is 6.30. The Morgan fingerprint density at radius 2 is 1.95 bits per heavy atom. The van der Waals surface area contributed by atoms with Crippen LogP contribution in [0.1, 0.15) is 37.7 Å². The number of carbonyl (C=O) groups excluding carboxylic acids is 2. The molecule has 22 heavy (non-hydrogen) atoms. The zero-order valence-corrected chi connectivity index (χ0v) is 13.3. The minimum Gasteiger partial charge on any atom is -0.465 e. The van der Waals surface area contributed by atoms with Crippen molar-refractivity contribution in [2.45, 2.75) is 20.5 Å². The minimum absolute atomic E-state index is 0.102. The molecule has 2 rings (SSSR count). The molecule has 1 aromatic heterocycles. The van der Waals surface area contributed by atoms with E-state index in [2.05, 4.69) is 4.98 Å². The summed E-state index contributed by atoms with van der Waals surface area (Å²) in [5, 5.41) is 0.577. The smallest absolute Gasteiger partial charge is 0.355 e. The molecule has 0 atom stereocenters. The molecule has 0 fully saturated rings. The number of rotatable bonds is 4. The lowest BCUT2D eigenvalue weighted by Gasteiger charge is -2.05. The molecular formula is C16H16ClNO4. The van der Waals surface area contributed by atoms with E-state index in [1.807, 2.05) is 6.07 Å². The van der Waals surface area contributed by atoms with Crippen LogP contribution in [0.5, 0.6) is 0 Å². The SMILES string of the molecule is COC(=O)c1c(C)[nH]c(C(=O)OCc2cccc(Cl)c2)c1C. The highest BCUT2D eigenvalue weighted by Crippen LogP contribution is 2.20. The standard InChI is InChI=1S/C16H16ClNO4/c1-9-13(15(19)21-3)10(2)18-14(9)16(20)22-8-11-5-4-6-12(17)7-11/h4-7,18H,8H2,1-3H3. The molecule has 0 bridgehead atoms. The van der Waals surface area contributed by atoms with E-state index in [4.69, 9.17) is 21.1 Å². The van der Waals surface area contributed by atoms with Crippen molar-refractivity contribution >= 4 is 23.5 Å². The summed E-state index contributed by atoms with van der Waals surface area (Å²) in [4.78, 5) is 26.7. The van der Waals surface area contributed by atoms with E-state index in [9.17, 15) is 9.59 Å². The Hall–Kier alpha value is -2.27. The number of methoxy groups -OCH3 is 1. The molecule has 0 aliphatic rings. The summed E-state index contributed by atoms with van der Waals surface area (Å²) in [6.45, 7) is 3.48. The van der Waals surface area contributed by atoms with Crippen LogP contribution in [0.2, 0.25) is 5.02 Å². The number of hydrogen-bond acceptors (Lipinski definition) is 4. The summed E-state index contributed by atoms with van der Waals surface area (Å²) in [6.07, 6.45) is 0. The van der Waals surface area contributed by atoms with Gasteiger partial charge in [0.25, 0.3) is 0 Å². The number of hydrogen-bond donors (Lipinski definition) is 1. The van der Waals surface area contributed by atoms with Gasteiger partial charge in [0, 0.05) is 10.7 Å².